The molecule has 3 aromatic rings. The number of hydrogen-bond acceptors (Lipinski definition) is 7. The number of fused-ring (bicyclic) bond motifs is 1. The lowest BCUT2D eigenvalue weighted by molar-refractivity contribution is 0.0383. The van der Waals surface area contributed by atoms with Gasteiger partial charge < -0.3 is 19.2 Å². The molecule has 0 aliphatic rings. The quantitative estimate of drug-likeness (QED) is 0.593. The lowest BCUT2D eigenvalue weighted by Gasteiger charge is -2.07. The Balaban J connectivity index is 1.97. The van der Waals surface area contributed by atoms with Gasteiger partial charge in [0.2, 0.25) is 0 Å². The first-order chi connectivity index (χ1) is 14.2. The first-order valence-electron chi connectivity index (χ1n) is 9.18. The summed E-state index contributed by atoms with van der Waals surface area (Å²) in [5.74, 6) is -2.35. The highest BCUT2D eigenvalue weighted by molar-refractivity contribution is 7.18. The fraction of sp³-hybridized carbons (Fsp3) is 0.300. The van der Waals surface area contributed by atoms with Crippen molar-refractivity contribution in [2.24, 2.45) is 0 Å². The van der Waals surface area contributed by atoms with E-state index >= 15 is 0 Å². The summed E-state index contributed by atoms with van der Waals surface area (Å²) in [6.45, 7) is 6.79. The van der Waals surface area contributed by atoms with Gasteiger partial charge in [0.05, 0.1) is 18.3 Å². The van der Waals surface area contributed by atoms with Crippen molar-refractivity contribution < 1.29 is 28.2 Å². The second-order valence-electron chi connectivity index (χ2n) is 6.63. The average molecular weight is 433 g/mol. The molecule has 0 aromatic carbocycles. The van der Waals surface area contributed by atoms with Crippen LogP contribution in [-0.4, -0.2) is 39.9 Å². The van der Waals surface area contributed by atoms with Gasteiger partial charge in [-0.2, -0.15) is 0 Å². The summed E-state index contributed by atoms with van der Waals surface area (Å²) >= 11 is 0.921. The van der Waals surface area contributed by atoms with E-state index in [0.29, 0.717) is 11.2 Å². The summed E-state index contributed by atoms with van der Waals surface area (Å²) in [6, 6.07) is 2.67. The molecule has 0 atom stereocenters. The highest BCUT2D eigenvalue weighted by Crippen LogP contribution is 2.34. The van der Waals surface area contributed by atoms with Gasteiger partial charge in [0.1, 0.15) is 27.0 Å². The number of carbonyl (C=O) groups excluding carboxylic acids is 3. The molecule has 8 nitrogen and oxygen atoms in total. The molecule has 0 aliphatic heterocycles. The fourth-order valence-corrected chi connectivity index (χ4v) is 3.83. The first kappa shape index (κ1) is 21.4. The molecule has 1 amide bonds. The van der Waals surface area contributed by atoms with Crippen LogP contribution in [0.25, 0.3) is 5.65 Å². The number of anilines is 1. The minimum atomic E-state index is -0.665. The fourth-order valence-electron chi connectivity index (χ4n) is 2.75. The third kappa shape index (κ3) is 4.33. The molecule has 0 bridgehead atoms. The van der Waals surface area contributed by atoms with Crippen molar-refractivity contribution in [3.05, 3.63) is 52.0 Å². The van der Waals surface area contributed by atoms with Crippen LogP contribution in [0.4, 0.5) is 9.39 Å². The van der Waals surface area contributed by atoms with Crippen LogP contribution in [0, 0.1) is 12.7 Å². The van der Waals surface area contributed by atoms with Crippen LogP contribution < -0.4 is 5.32 Å². The van der Waals surface area contributed by atoms with Crippen LogP contribution in [0.15, 0.2) is 24.5 Å². The molecule has 10 heteroatoms. The van der Waals surface area contributed by atoms with Crippen molar-refractivity contribution in [2.45, 2.75) is 33.8 Å². The molecule has 0 unspecified atom stereocenters. The standard InChI is InChI=1S/C20H20FN3O5S/c1-5-28-19(26)15-11(4)16(20(27)29-10(2)3)30-18(15)23-17(25)13-9-24-8-12(21)6-7-14(24)22-13/h6-10H,5H2,1-4H3,(H,23,25). The van der Waals surface area contributed by atoms with Crippen LogP contribution in [0.1, 0.15) is 56.9 Å². The monoisotopic (exact) mass is 433 g/mol. The molecule has 3 aromatic heterocycles. The number of aromatic nitrogens is 2. The number of nitrogens with zero attached hydrogens (tertiary/aromatic N) is 2. The Bertz CT molecular complexity index is 1140. The van der Waals surface area contributed by atoms with E-state index in [1.807, 2.05) is 0 Å². The molecule has 30 heavy (non-hydrogen) atoms. The van der Waals surface area contributed by atoms with Gasteiger partial charge in [-0.25, -0.2) is 19.0 Å². The maximum Gasteiger partial charge on any atom is 0.348 e. The van der Waals surface area contributed by atoms with E-state index in [-0.39, 0.29) is 33.8 Å². The van der Waals surface area contributed by atoms with Crippen LogP contribution in [0.3, 0.4) is 0 Å². The van der Waals surface area contributed by atoms with Gasteiger partial charge in [-0.15, -0.1) is 11.3 Å². The van der Waals surface area contributed by atoms with E-state index in [1.54, 1.807) is 27.7 Å². The van der Waals surface area contributed by atoms with Crippen molar-refractivity contribution >= 4 is 39.8 Å². The maximum absolute atomic E-state index is 13.4. The highest BCUT2D eigenvalue weighted by atomic mass is 32.1. The predicted octanol–water partition coefficient (Wildman–Crippen LogP) is 3.84. The first-order valence-corrected chi connectivity index (χ1v) is 10.00. The van der Waals surface area contributed by atoms with Crippen LogP contribution in [0.2, 0.25) is 0 Å². The summed E-state index contributed by atoms with van der Waals surface area (Å²) in [4.78, 5) is 41.9. The predicted molar refractivity (Wildman–Crippen MR) is 109 cm³/mol. The maximum atomic E-state index is 13.4. The van der Waals surface area contributed by atoms with Crippen molar-refractivity contribution in [1.82, 2.24) is 9.38 Å². The molecule has 0 saturated heterocycles. The van der Waals surface area contributed by atoms with Gasteiger partial charge in [-0.05, 0) is 45.4 Å². The summed E-state index contributed by atoms with van der Waals surface area (Å²) in [7, 11) is 0. The number of hydrogen-bond donors (Lipinski definition) is 1. The van der Waals surface area contributed by atoms with Crippen molar-refractivity contribution in [2.75, 3.05) is 11.9 Å². The van der Waals surface area contributed by atoms with E-state index in [0.717, 1.165) is 11.3 Å². The molecule has 0 saturated carbocycles. The lowest BCUT2D eigenvalue weighted by atomic mass is 10.1. The highest BCUT2D eigenvalue weighted by Gasteiger charge is 2.28. The SMILES string of the molecule is CCOC(=O)c1c(NC(=O)c2cn3cc(F)ccc3n2)sc(C(=O)OC(C)C)c1C. The molecule has 158 valence electrons. The van der Waals surface area contributed by atoms with E-state index in [1.165, 1.54) is 28.9 Å². The molecular weight excluding hydrogens is 413 g/mol. The van der Waals surface area contributed by atoms with Gasteiger partial charge in [0, 0.05) is 12.4 Å². The van der Waals surface area contributed by atoms with Crippen LogP contribution in [0.5, 0.6) is 0 Å². The Morgan fingerprint density at radius 3 is 2.63 bits per heavy atom. The molecule has 0 radical (unpaired) electrons. The topological polar surface area (TPSA) is 99.0 Å². The number of imidazole rings is 1. The zero-order chi connectivity index (χ0) is 22.0. The smallest absolute Gasteiger partial charge is 0.348 e. The molecule has 3 rings (SSSR count). The number of rotatable bonds is 6. The Labute approximate surface area is 175 Å². The van der Waals surface area contributed by atoms with Gasteiger partial charge >= 0.3 is 11.9 Å². The summed E-state index contributed by atoms with van der Waals surface area (Å²) in [5, 5.41) is 2.76. The van der Waals surface area contributed by atoms with E-state index in [4.69, 9.17) is 9.47 Å². The molecule has 0 spiro atoms. The number of esters is 2. The normalized spacial score (nSPS) is 11.0. The largest absolute Gasteiger partial charge is 0.462 e. The van der Waals surface area contributed by atoms with E-state index in [2.05, 4.69) is 10.3 Å². The number of pyridine rings is 1. The minimum absolute atomic E-state index is 0.0211. The van der Waals surface area contributed by atoms with E-state index in [9.17, 15) is 18.8 Å². The van der Waals surface area contributed by atoms with Gasteiger partial charge in [-0.1, -0.05) is 0 Å². The minimum Gasteiger partial charge on any atom is -0.462 e. The van der Waals surface area contributed by atoms with E-state index < -0.39 is 23.7 Å². The second kappa shape index (κ2) is 8.62. The molecular formula is C20H20FN3O5S. The van der Waals surface area contributed by atoms with Gasteiger partial charge in [0.25, 0.3) is 5.91 Å². The number of ether oxygens (including phenoxy) is 2. The van der Waals surface area contributed by atoms with Gasteiger partial charge in [0.15, 0.2) is 0 Å². The summed E-state index contributed by atoms with van der Waals surface area (Å²) < 4.78 is 25.1. The third-order valence-electron chi connectivity index (χ3n) is 4.03. The Hall–Kier alpha value is -3.27. The van der Waals surface area contributed by atoms with Gasteiger partial charge in [-0.3, -0.25) is 4.79 Å². The zero-order valence-corrected chi connectivity index (χ0v) is 17.6. The second-order valence-corrected chi connectivity index (χ2v) is 7.65. The average Bonchev–Trinajstić information content (AvgIpc) is 3.22. The number of carbonyl (C=O) groups is 3. The molecule has 3 heterocycles. The molecule has 1 N–H and O–H groups in total. The van der Waals surface area contributed by atoms with Crippen molar-refractivity contribution in [3.8, 4) is 0 Å². The lowest BCUT2D eigenvalue weighted by Crippen LogP contribution is -2.15. The van der Waals surface area contributed by atoms with Crippen molar-refractivity contribution in [3.63, 3.8) is 0 Å². The summed E-state index contributed by atoms with van der Waals surface area (Å²) in [6.07, 6.45) is 2.21. The number of nitrogens with one attached hydrogen (secondary N) is 1. The van der Waals surface area contributed by atoms with Crippen LogP contribution in [-0.2, 0) is 9.47 Å². The van der Waals surface area contributed by atoms with Crippen molar-refractivity contribution in [1.29, 1.82) is 0 Å². The Morgan fingerprint density at radius 2 is 1.97 bits per heavy atom. The Morgan fingerprint density at radius 1 is 1.23 bits per heavy atom. The molecule has 0 aliphatic carbocycles. The summed E-state index contributed by atoms with van der Waals surface area (Å²) in [5.41, 5.74) is 0.848. The number of halogens is 1. The number of amides is 1. The number of thiophene rings is 1. The molecule has 0 fully saturated rings. The zero-order valence-electron chi connectivity index (χ0n) is 16.8. The van der Waals surface area contributed by atoms with Crippen LogP contribution >= 0.6 is 11.3 Å². The third-order valence-corrected chi connectivity index (χ3v) is 5.22. The Kier molecular flexibility index (Phi) is 6.16.